The number of aliphatic carboxylic acids is 1. The number of benzene rings is 1. The van der Waals surface area contributed by atoms with Gasteiger partial charge < -0.3 is 24.8 Å². The van der Waals surface area contributed by atoms with E-state index >= 15 is 4.39 Å². The van der Waals surface area contributed by atoms with Crippen LogP contribution in [-0.4, -0.2) is 82.0 Å². The van der Waals surface area contributed by atoms with E-state index in [1.165, 1.54) is 13.2 Å². The molecule has 2 aromatic rings. The molecule has 2 saturated carbocycles. The SMILES string of the molecule is COc1ccc2c(O[C@@H]3C[C@H]4C(=O)N[C@]5(C(=O)O)C[C@H]5/C=C\CCCCN(C)C(=O)[C@@H]4C3)cc(C3=NC(C(C)C)CS3)nc2c1F. The van der Waals surface area contributed by atoms with Gasteiger partial charge in [-0.25, -0.2) is 14.2 Å². The largest absolute Gasteiger partial charge is 0.494 e. The number of allylic oxidation sites excluding steroid dienone is 1. The standard InChI is InChI=1S/C34H41FN4O6S/c1-18(2)25-17-46-31(37-25)24-15-27(21-10-11-26(44-4)28(35)29(21)36-24)45-20-13-22-23(14-20)32(41)39(3)12-8-6-5-7-9-19-16-34(19,33(42)43)38-30(22)40/h7,9-11,15,18-20,22-23,25H,5-6,8,12-14,16-17H2,1-4H3,(H,38,40)(H,42,43)/b9-7-/t19-,20-,22-,23-,25?,34-/m1/s1. The van der Waals surface area contributed by atoms with Crippen LogP contribution in [0.15, 0.2) is 35.3 Å². The Morgan fingerprint density at radius 1 is 1.20 bits per heavy atom. The molecule has 2 N–H and O–H groups in total. The highest BCUT2D eigenvalue weighted by molar-refractivity contribution is 8.14. The Balaban J connectivity index is 1.34. The third-order valence-corrected chi connectivity index (χ3v) is 10.9. The van der Waals surface area contributed by atoms with Crippen LogP contribution in [0.3, 0.4) is 0 Å². The van der Waals surface area contributed by atoms with Gasteiger partial charge in [0.25, 0.3) is 0 Å². The van der Waals surface area contributed by atoms with Crippen LogP contribution >= 0.6 is 11.8 Å². The third kappa shape index (κ3) is 6.08. The smallest absolute Gasteiger partial charge is 0.330 e. The highest BCUT2D eigenvalue weighted by atomic mass is 32.2. The van der Waals surface area contributed by atoms with Gasteiger partial charge in [-0.1, -0.05) is 26.0 Å². The molecular formula is C34H41FN4O6S. The molecule has 2 amide bonds. The number of rotatable bonds is 6. The van der Waals surface area contributed by atoms with Crippen molar-refractivity contribution in [1.29, 1.82) is 0 Å². The van der Waals surface area contributed by atoms with Gasteiger partial charge in [-0.05, 0) is 56.6 Å². The van der Waals surface area contributed by atoms with Gasteiger partial charge in [0.05, 0.1) is 30.7 Å². The van der Waals surface area contributed by atoms with Crippen molar-refractivity contribution < 1.29 is 33.4 Å². The number of ether oxygens (including phenoxy) is 2. The minimum Gasteiger partial charge on any atom is -0.494 e. The number of carbonyl (C=O) groups is 3. The Hall–Kier alpha value is -3.67. The highest BCUT2D eigenvalue weighted by Crippen LogP contribution is 2.47. The average molecular weight is 653 g/mol. The molecule has 246 valence electrons. The van der Waals surface area contributed by atoms with E-state index in [0.717, 1.165) is 25.0 Å². The lowest BCUT2D eigenvalue weighted by atomic mass is 9.93. The van der Waals surface area contributed by atoms with E-state index in [1.807, 2.05) is 12.2 Å². The van der Waals surface area contributed by atoms with Crippen molar-refractivity contribution in [3.63, 3.8) is 0 Å². The van der Waals surface area contributed by atoms with Crippen LogP contribution in [0.2, 0.25) is 0 Å². The zero-order valence-corrected chi connectivity index (χ0v) is 27.4. The molecule has 1 aromatic heterocycles. The monoisotopic (exact) mass is 652 g/mol. The molecule has 46 heavy (non-hydrogen) atoms. The fourth-order valence-electron chi connectivity index (χ4n) is 6.82. The van der Waals surface area contributed by atoms with E-state index < -0.39 is 41.2 Å². The van der Waals surface area contributed by atoms with Crippen molar-refractivity contribution in [3.05, 3.63) is 41.9 Å². The maximum absolute atomic E-state index is 15.6. The number of methoxy groups -OCH3 is 1. The summed E-state index contributed by atoms with van der Waals surface area (Å²) in [7, 11) is 3.14. The predicted molar refractivity (Wildman–Crippen MR) is 174 cm³/mol. The number of amides is 2. The van der Waals surface area contributed by atoms with Crippen LogP contribution in [0, 0.1) is 29.5 Å². The molecule has 0 bridgehead atoms. The summed E-state index contributed by atoms with van der Waals surface area (Å²) >= 11 is 1.57. The molecule has 2 fully saturated rings. The van der Waals surface area contributed by atoms with E-state index in [1.54, 1.807) is 35.8 Å². The number of hydrogen-bond donors (Lipinski definition) is 2. The third-order valence-electron chi connectivity index (χ3n) is 9.80. The number of aliphatic imine (C=N–C) groups is 1. The molecule has 6 rings (SSSR count). The van der Waals surface area contributed by atoms with Crippen molar-refractivity contribution in [3.8, 4) is 11.5 Å². The van der Waals surface area contributed by atoms with Gasteiger partial charge in [-0.2, -0.15) is 0 Å². The zero-order chi connectivity index (χ0) is 32.7. The van der Waals surface area contributed by atoms with Crippen LogP contribution < -0.4 is 14.8 Å². The summed E-state index contributed by atoms with van der Waals surface area (Å²) in [6.07, 6.45) is 6.53. The number of carboxylic acids is 1. The average Bonchev–Trinajstić information content (AvgIpc) is 3.33. The number of aromatic nitrogens is 1. The molecule has 2 aliphatic carbocycles. The van der Waals surface area contributed by atoms with Crippen molar-refractivity contribution >= 4 is 45.5 Å². The molecule has 2 aliphatic heterocycles. The molecule has 1 aromatic carbocycles. The van der Waals surface area contributed by atoms with Gasteiger partial charge in [0.15, 0.2) is 11.6 Å². The Morgan fingerprint density at radius 2 is 1.98 bits per heavy atom. The normalized spacial score (nSPS) is 30.7. The van der Waals surface area contributed by atoms with E-state index in [9.17, 15) is 19.5 Å². The van der Waals surface area contributed by atoms with Crippen molar-refractivity contribution in [2.24, 2.45) is 28.7 Å². The number of halogens is 1. The minimum atomic E-state index is -1.36. The van der Waals surface area contributed by atoms with Crippen LogP contribution in [0.4, 0.5) is 4.39 Å². The van der Waals surface area contributed by atoms with Gasteiger partial charge in [-0.15, -0.1) is 11.8 Å². The number of fused-ring (bicyclic) bond motifs is 3. The Bertz CT molecular complexity index is 1610. The van der Waals surface area contributed by atoms with Gasteiger partial charge in [0, 0.05) is 36.7 Å². The van der Waals surface area contributed by atoms with Gasteiger partial charge in [0.2, 0.25) is 11.8 Å². The summed E-state index contributed by atoms with van der Waals surface area (Å²) in [4.78, 5) is 51.0. The molecule has 4 aliphatic rings. The predicted octanol–water partition coefficient (Wildman–Crippen LogP) is 4.83. The van der Waals surface area contributed by atoms with Crippen molar-refractivity contribution in [2.45, 2.75) is 70.1 Å². The van der Waals surface area contributed by atoms with Crippen molar-refractivity contribution in [2.75, 3.05) is 26.5 Å². The minimum absolute atomic E-state index is 0.0556. The maximum atomic E-state index is 15.6. The van der Waals surface area contributed by atoms with E-state index in [0.29, 0.717) is 40.8 Å². The molecule has 1 unspecified atom stereocenters. The second kappa shape index (κ2) is 12.8. The summed E-state index contributed by atoms with van der Waals surface area (Å²) in [5.74, 6) is -2.50. The van der Waals surface area contributed by atoms with E-state index in [2.05, 4.69) is 24.1 Å². The lowest BCUT2D eigenvalue weighted by Crippen LogP contribution is -2.49. The molecule has 0 radical (unpaired) electrons. The first-order chi connectivity index (χ1) is 22.0. The quantitative estimate of drug-likeness (QED) is 0.425. The number of nitrogens with one attached hydrogen (secondary N) is 1. The lowest BCUT2D eigenvalue weighted by Gasteiger charge is -2.26. The second-order valence-electron chi connectivity index (χ2n) is 13.2. The van der Waals surface area contributed by atoms with Gasteiger partial charge in [0.1, 0.15) is 28.0 Å². The van der Waals surface area contributed by atoms with Crippen molar-refractivity contribution in [1.82, 2.24) is 15.2 Å². The van der Waals surface area contributed by atoms with Crippen LogP contribution in [0.1, 0.15) is 58.1 Å². The number of nitrogens with zero attached hydrogens (tertiary/aromatic N) is 3. The molecule has 3 heterocycles. The highest BCUT2D eigenvalue weighted by Gasteiger charge is 2.61. The number of hydrogen-bond acceptors (Lipinski definition) is 8. The molecule has 0 saturated heterocycles. The van der Waals surface area contributed by atoms with Crippen LogP contribution in [-0.2, 0) is 14.4 Å². The number of carboxylic acid groups (broad SMARTS) is 1. The number of thioether (sulfide) groups is 1. The summed E-state index contributed by atoms with van der Waals surface area (Å²) < 4.78 is 27.4. The Kier molecular flexibility index (Phi) is 9.02. The van der Waals surface area contributed by atoms with Gasteiger partial charge >= 0.3 is 5.97 Å². The molecular weight excluding hydrogens is 611 g/mol. The molecule has 6 atom stereocenters. The summed E-state index contributed by atoms with van der Waals surface area (Å²) in [6.45, 7) is 4.78. The fourth-order valence-corrected chi connectivity index (χ4v) is 8.07. The van der Waals surface area contributed by atoms with Crippen LogP contribution in [0.5, 0.6) is 11.5 Å². The Morgan fingerprint density at radius 3 is 2.70 bits per heavy atom. The second-order valence-corrected chi connectivity index (χ2v) is 14.2. The van der Waals surface area contributed by atoms with Gasteiger partial charge in [-0.3, -0.25) is 14.6 Å². The molecule has 12 heteroatoms. The lowest BCUT2D eigenvalue weighted by molar-refractivity contribution is -0.145. The summed E-state index contributed by atoms with van der Waals surface area (Å²) in [5.41, 5.74) is -0.787. The summed E-state index contributed by atoms with van der Waals surface area (Å²) in [5, 5.41) is 14.0. The Labute approximate surface area is 272 Å². The first-order valence-electron chi connectivity index (χ1n) is 16.0. The number of pyridine rings is 1. The number of carbonyl (C=O) groups excluding carboxylic acids is 2. The first-order valence-corrected chi connectivity index (χ1v) is 17.0. The molecule has 10 nitrogen and oxygen atoms in total. The maximum Gasteiger partial charge on any atom is 0.330 e. The van der Waals surface area contributed by atoms with Crippen LogP contribution in [0.25, 0.3) is 10.9 Å². The van der Waals surface area contributed by atoms with E-state index in [-0.39, 0.29) is 42.0 Å². The molecule has 0 spiro atoms. The topological polar surface area (TPSA) is 130 Å². The first kappa shape index (κ1) is 32.3. The zero-order valence-electron chi connectivity index (χ0n) is 26.6. The fraction of sp³-hybridized carbons (Fsp3) is 0.559. The van der Waals surface area contributed by atoms with E-state index in [4.69, 9.17) is 14.5 Å². The summed E-state index contributed by atoms with van der Waals surface area (Å²) in [6, 6.07) is 5.09.